The van der Waals surface area contributed by atoms with Gasteiger partial charge in [0.1, 0.15) is 34.8 Å². The van der Waals surface area contributed by atoms with Gasteiger partial charge in [0.25, 0.3) is 0 Å². The molecule has 178 valence electrons. The van der Waals surface area contributed by atoms with Gasteiger partial charge in [0, 0.05) is 17.7 Å². The van der Waals surface area contributed by atoms with Crippen molar-refractivity contribution in [3.63, 3.8) is 0 Å². The summed E-state index contributed by atoms with van der Waals surface area (Å²) in [6.45, 7) is 2.34. The highest BCUT2D eigenvalue weighted by Crippen LogP contribution is 2.32. The summed E-state index contributed by atoms with van der Waals surface area (Å²) in [7, 11) is 0. The maximum Gasteiger partial charge on any atom is 0.142 e. The van der Waals surface area contributed by atoms with Gasteiger partial charge in [-0.3, -0.25) is 0 Å². The zero-order chi connectivity index (χ0) is 24.9. The number of fused-ring (bicyclic) bond motifs is 1. The Kier molecular flexibility index (Phi) is 7.36. The molecule has 4 aromatic rings. The number of hydrogen-bond donors (Lipinski definition) is 0. The van der Waals surface area contributed by atoms with Gasteiger partial charge < -0.3 is 4.74 Å². The second-order valence-corrected chi connectivity index (χ2v) is 8.09. The second-order valence-electron chi connectivity index (χ2n) is 8.09. The number of hydrogen-bond acceptors (Lipinski definition) is 1. The first-order valence-corrected chi connectivity index (χ1v) is 11.2. The van der Waals surface area contributed by atoms with Crippen LogP contribution in [0.5, 0.6) is 5.75 Å². The molecule has 0 amide bonds. The van der Waals surface area contributed by atoms with Crippen molar-refractivity contribution in [1.29, 1.82) is 0 Å². The van der Waals surface area contributed by atoms with Gasteiger partial charge in [-0.05, 0) is 59.2 Å². The fourth-order valence-corrected chi connectivity index (χ4v) is 3.72. The van der Waals surface area contributed by atoms with E-state index in [1.807, 2.05) is 6.92 Å². The molecule has 0 saturated heterocycles. The van der Waals surface area contributed by atoms with E-state index >= 15 is 0 Å². The first-order chi connectivity index (χ1) is 16.9. The minimum atomic E-state index is -1.05. The number of rotatable bonds is 6. The number of halogens is 5. The maximum atomic E-state index is 14.7. The third-order valence-electron chi connectivity index (χ3n) is 5.50. The van der Waals surface area contributed by atoms with Crippen molar-refractivity contribution in [2.24, 2.45) is 0 Å². The molecule has 0 aliphatic rings. The molecular weight excluding hydrogens is 459 g/mol. The zero-order valence-corrected chi connectivity index (χ0v) is 18.9. The lowest BCUT2D eigenvalue weighted by molar-refractivity contribution is 0.303. The highest BCUT2D eigenvalue weighted by atomic mass is 19.1. The summed E-state index contributed by atoms with van der Waals surface area (Å²) < 4.78 is 77.4. The molecule has 0 aliphatic heterocycles. The normalized spacial score (nSPS) is 10.8. The monoisotopic (exact) mass is 480 g/mol. The van der Waals surface area contributed by atoms with Gasteiger partial charge in [-0.2, -0.15) is 0 Å². The average molecular weight is 480 g/mol. The largest absolute Gasteiger partial charge is 0.493 e. The summed E-state index contributed by atoms with van der Waals surface area (Å²) in [4.78, 5) is 0. The molecule has 0 saturated carbocycles. The number of benzene rings is 4. The van der Waals surface area contributed by atoms with Crippen LogP contribution < -0.4 is 4.74 Å². The van der Waals surface area contributed by atoms with Gasteiger partial charge in [-0.25, -0.2) is 22.0 Å². The molecule has 0 atom stereocenters. The lowest BCUT2D eigenvalue weighted by Gasteiger charge is -2.11. The van der Waals surface area contributed by atoms with Gasteiger partial charge in [-0.1, -0.05) is 43.7 Å². The Morgan fingerprint density at radius 1 is 0.686 bits per heavy atom. The Hall–Kier alpha value is -3.85. The standard InChI is InChI=1S/C29H21F5O/c1-2-3-4-11-35-23-16-27(33)29(28(34)17-23)21-14-25(31)24(26(32)15-21)10-6-18-5-7-20-13-22(30)9-8-19(20)12-18/h5,7-9,12-17H,2-4,11H2,1H3. The van der Waals surface area contributed by atoms with E-state index in [1.54, 1.807) is 24.3 Å². The van der Waals surface area contributed by atoms with E-state index in [1.165, 1.54) is 12.1 Å². The SMILES string of the molecule is CCCCCOc1cc(F)c(-c2cc(F)c(C#Cc3ccc4cc(F)ccc4c3)c(F)c2)c(F)c1. The molecule has 4 rings (SSSR count). The van der Waals surface area contributed by atoms with Crippen molar-refractivity contribution < 1.29 is 26.7 Å². The van der Waals surface area contributed by atoms with E-state index in [0.717, 1.165) is 48.9 Å². The van der Waals surface area contributed by atoms with E-state index in [2.05, 4.69) is 11.8 Å². The van der Waals surface area contributed by atoms with E-state index in [4.69, 9.17) is 4.74 Å². The van der Waals surface area contributed by atoms with Crippen molar-refractivity contribution in [3.8, 4) is 28.7 Å². The molecule has 0 unspecified atom stereocenters. The van der Waals surface area contributed by atoms with Gasteiger partial charge in [0.15, 0.2) is 0 Å². The zero-order valence-electron chi connectivity index (χ0n) is 18.9. The Morgan fingerprint density at radius 3 is 2.03 bits per heavy atom. The quantitative estimate of drug-likeness (QED) is 0.154. The lowest BCUT2D eigenvalue weighted by atomic mass is 10.0. The molecule has 0 radical (unpaired) electrons. The van der Waals surface area contributed by atoms with Crippen LogP contribution in [0.3, 0.4) is 0 Å². The first kappa shape index (κ1) is 24.3. The Labute approximate surface area is 200 Å². The molecule has 0 spiro atoms. The van der Waals surface area contributed by atoms with Crippen LogP contribution in [0.1, 0.15) is 37.3 Å². The van der Waals surface area contributed by atoms with Gasteiger partial charge >= 0.3 is 0 Å². The van der Waals surface area contributed by atoms with Gasteiger partial charge in [-0.15, -0.1) is 0 Å². The summed E-state index contributed by atoms with van der Waals surface area (Å²) in [5.74, 6) is 0.699. The predicted octanol–water partition coefficient (Wildman–Crippen LogP) is 8.17. The smallest absolute Gasteiger partial charge is 0.142 e. The summed E-state index contributed by atoms with van der Waals surface area (Å²) in [6.07, 6.45) is 2.65. The molecule has 0 fully saturated rings. The predicted molar refractivity (Wildman–Crippen MR) is 127 cm³/mol. The molecule has 0 bridgehead atoms. The molecule has 0 N–H and O–H groups in total. The van der Waals surface area contributed by atoms with E-state index < -0.39 is 34.4 Å². The fraction of sp³-hybridized carbons (Fsp3) is 0.172. The van der Waals surface area contributed by atoms with E-state index in [9.17, 15) is 22.0 Å². The van der Waals surface area contributed by atoms with Crippen LogP contribution >= 0.6 is 0 Å². The van der Waals surface area contributed by atoms with Gasteiger partial charge in [0.05, 0.1) is 17.7 Å². The van der Waals surface area contributed by atoms with Crippen LogP contribution in [0.15, 0.2) is 60.7 Å². The minimum absolute atomic E-state index is 0.0152. The molecule has 1 nitrogen and oxygen atoms in total. The van der Waals surface area contributed by atoms with Crippen LogP contribution in [-0.2, 0) is 0 Å². The van der Waals surface area contributed by atoms with Crippen LogP contribution in [0.2, 0.25) is 0 Å². The summed E-state index contributed by atoms with van der Waals surface area (Å²) >= 11 is 0. The van der Waals surface area contributed by atoms with Crippen LogP contribution in [0.4, 0.5) is 22.0 Å². The molecule has 0 aromatic heterocycles. The van der Waals surface area contributed by atoms with Crippen LogP contribution in [0.25, 0.3) is 21.9 Å². The summed E-state index contributed by atoms with van der Waals surface area (Å²) in [5.41, 5.74) is -0.890. The second kappa shape index (κ2) is 10.6. The van der Waals surface area contributed by atoms with Crippen molar-refractivity contribution in [1.82, 2.24) is 0 Å². The maximum absolute atomic E-state index is 14.7. The summed E-state index contributed by atoms with van der Waals surface area (Å²) in [5, 5.41) is 1.39. The minimum Gasteiger partial charge on any atom is -0.493 e. The van der Waals surface area contributed by atoms with Gasteiger partial charge in [0.2, 0.25) is 0 Å². The van der Waals surface area contributed by atoms with Crippen molar-refractivity contribution in [2.45, 2.75) is 26.2 Å². The molecule has 0 aliphatic carbocycles. The molecule has 0 heterocycles. The lowest BCUT2D eigenvalue weighted by Crippen LogP contribution is -2.00. The van der Waals surface area contributed by atoms with Crippen molar-refractivity contribution >= 4 is 10.8 Å². The van der Waals surface area contributed by atoms with E-state index in [0.29, 0.717) is 17.6 Å². The number of ether oxygens (including phenoxy) is 1. The highest BCUT2D eigenvalue weighted by molar-refractivity contribution is 5.84. The Bertz CT molecular complexity index is 1400. The fourth-order valence-electron chi connectivity index (χ4n) is 3.72. The molecule has 6 heteroatoms. The highest BCUT2D eigenvalue weighted by Gasteiger charge is 2.18. The van der Waals surface area contributed by atoms with Crippen molar-refractivity contribution in [3.05, 3.63) is 101 Å². The Balaban J connectivity index is 1.61. The first-order valence-electron chi connectivity index (χ1n) is 11.2. The average Bonchev–Trinajstić information content (AvgIpc) is 2.81. The number of unbranched alkanes of at least 4 members (excludes halogenated alkanes) is 2. The third kappa shape index (κ3) is 5.63. The molecule has 4 aromatic carbocycles. The Morgan fingerprint density at radius 2 is 1.34 bits per heavy atom. The molecular formula is C29H21F5O. The summed E-state index contributed by atoms with van der Waals surface area (Å²) in [6, 6.07) is 12.9. The van der Waals surface area contributed by atoms with Crippen LogP contribution in [0, 0.1) is 40.9 Å². The third-order valence-corrected chi connectivity index (χ3v) is 5.50. The van der Waals surface area contributed by atoms with E-state index in [-0.39, 0.29) is 17.1 Å². The topological polar surface area (TPSA) is 9.23 Å². The van der Waals surface area contributed by atoms with Crippen molar-refractivity contribution in [2.75, 3.05) is 6.61 Å². The molecule has 35 heavy (non-hydrogen) atoms. The van der Waals surface area contributed by atoms with Crippen LogP contribution in [-0.4, -0.2) is 6.61 Å².